The lowest BCUT2D eigenvalue weighted by molar-refractivity contribution is -0.136. The van der Waals surface area contributed by atoms with Gasteiger partial charge in [0.15, 0.2) is 0 Å². The number of aromatic hydroxyl groups is 6. The zero-order valence-corrected chi connectivity index (χ0v) is 20.8. The van der Waals surface area contributed by atoms with Crippen LogP contribution in [0, 0.1) is 0 Å². The molecule has 2 aliphatic heterocycles. The Hall–Kier alpha value is -5.38. The summed E-state index contributed by atoms with van der Waals surface area (Å²) in [6.07, 6.45) is 0.187. The van der Waals surface area contributed by atoms with Crippen molar-refractivity contribution >= 4 is 11.9 Å². The van der Waals surface area contributed by atoms with E-state index in [9.17, 15) is 40.2 Å². The van der Waals surface area contributed by atoms with E-state index in [0.29, 0.717) is 11.1 Å². The minimum Gasteiger partial charge on any atom is -0.508 e. The molecule has 204 valence electrons. The van der Waals surface area contributed by atoms with Crippen LogP contribution < -0.4 is 9.47 Å². The summed E-state index contributed by atoms with van der Waals surface area (Å²) in [6.45, 7) is 0. The summed E-state index contributed by atoms with van der Waals surface area (Å²) in [5.74, 6) is -1.59. The average Bonchev–Trinajstić information content (AvgIpc) is 2.88. The molecule has 0 aromatic heterocycles. The number of hydrogen-bond donors (Lipinski definition) is 6. The second-order valence-electron chi connectivity index (χ2n) is 9.40. The number of fused-ring (bicyclic) bond motifs is 2. The molecule has 0 fully saturated rings. The van der Waals surface area contributed by atoms with Gasteiger partial charge in [-0.2, -0.15) is 0 Å². The maximum absolute atomic E-state index is 11.7. The first-order valence-electron chi connectivity index (χ1n) is 12.2. The Morgan fingerprint density at radius 1 is 0.500 bits per heavy atom. The highest BCUT2D eigenvalue weighted by molar-refractivity contribution is 5.80. The van der Waals surface area contributed by atoms with Crippen LogP contribution in [0.1, 0.15) is 46.9 Å². The molecule has 10 nitrogen and oxygen atoms in total. The number of phenols is 6. The van der Waals surface area contributed by atoms with Gasteiger partial charge in [0.25, 0.3) is 0 Å². The van der Waals surface area contributed by atoms with E-state index in [0.717, 1.165) is 11.1 Å². The van der Waals surface area contributed by atoms with Crippen LogP contribution >= 0.6 is 0 Å². The zero-order chi connectivity index (χ0) is 28.6. The van der Waals surface area contributed by atoms with Crippen LogP contribution in [0.5, 0.6) is 46.0 Å². The number of hydrogen-bond acceptors (Lipinski definition) is 10. The predicted octanol–water partition coefficient (Wildman–Crippen LogP) is 4.49. The molecule has 0 radical (unpaired) electrons. The minimum absolute atomic E-state index is 0.0934. The molecule has 0 bridgehead atoms. The minimum atomic E-state index is -0.430. The summed E-state index contributed by atoms with van der Waals surface area (Å²) in [6, 6.07) is 17.9. The van der Waals surface area contributed by atoms with Gasteiger partial charge in [-0.15, -0.1) is 0 Å². The van der Waals surface area contributed by atoms with Gasteiger partial charge in [-0.3, -0.25) is 9.59 Å². The van der Waals surface area contributed by atoms with Gasteiger partial charge in [0.2, 0.25) is 0 Å². The van der Waals surface area contributed by atoms with E-state index in [2.05, 4.69) is 0 Å². The van der Waals surface area contributed by atoms with Crippen molar-refractivity contribution in [3.63, 3.8) is 0 Å². The van der Waals surface area contributed by atoms with E-state index in [1.165, 1.54) is 48.5 Å². The number of esters is 2. The summed E-state index contributed by atoms with van der Waals surface area (Å²) in [4.78, 5) is 23.3. The zero-order valence-electron chi connectivity index (χ0n) is 20.8. The third-order valence-electron chi connectivity index (χ3n) is 6.69. The highest BCUT2D eigenvalue weighted by Gasteiger charge is 2.33. The van der Waals surface area contributed by atoms with E-state index in [1.807, 2.05) is 0 Å². The monoisotopic (exact) mass is 544 g/mol. The van der Waals surface area contributed by atoms with Crippen LogP contribution in [0.3, 0.4) is 0 Å². The fourth-order valence-electron chi connectivity index (χ4n) is 4.91. The van der Waals surface area contributed by atoms with E-state index in [1.54, 1.807) is 24.3 Å². The van der Waals surface area contributed by atoms with E-state index in [4.69, 9.17) is 9.47 Å². The molecule has 6 rings (SSSR count). The van der Waals surface area contributed by atoms with Gasteiger partial charge in [-0.25, -0.2) is 0 Å². The Labute approximate surface area is 227 Å². The molecule has 0 spiro atoms. The number of carbonyl (C=O) groups is 2. The Balaban J connectivity index is 0.000000161. The van der Waals surface area contributed by atoms with Gasteiger partial charge >= 0.3 is 11.9 Å². The summed E-state index contributed by atoms with van der Waals surface area (Å²) in [5, 5.41) is 57.6. The van der Waals surface area contributed by atoms with Crippen LogP contribution in [0.25, 0.3) is 0 Å². The Bertz CT molecular complexity index is 1470. The van der Waals surface area contributed by atoms with Gasteiger partial charge < -0.3 is 40.1 Å². The molecule has 0 unspecified atom stereocenters. The molecule has 2 atom stereocenters. The number of ether oxygens (including phenoxy) is 2. The van der Waals surface area contributed by atoms with Crippen LogP contribution in [-0.4, -0.2) is 42.6 Å². The average molecular weight is 545 g/mol. The molecule has 0 amide bonds. The lowest BCUT2D eigenvalue weighted by atomic mass is 9.85. The molecule has 6 N–H and O–H groups in total. The molecular formula is C30H24O10. The molecule has 10 heteroatoms. The van der Waals surface area contributed by atoms with E-state index >= 15 is 0 Å². The SMILES string of the molecule is O=C1C[C@@H](c2ccc(O)cc2)c2c(O)cc(O)cc2O1.O=C1C[C@H](c2ccc(O)cc2)c2c(O)cc(O)cc2O1. The van der Waals surface area contributed by atoms with Crippen molar-refractivity contribution in [2.75, 3.05) is 0 Å². The quantitative estimate of drug-likeness (QED) is 0.156. The van der Waals surface area contributed by atoms with Crippen molar-refractivity contribution in [3.8, 4) is 46.0 Å². The summed E-state index contributed by atoms with van der Waals surface area (Å²) < 4.78 is 10.1. The Kier molecular flexibility index (Phi) is 6.83. The van der Waals surface area contributed by atoms with Gasteiger partial charge in [0.1, 0.15) is 46.0 Å². The first kappa shape index (κ1) is 26.2. The lowest BCUT2D eigenvalue weighted by Gasteiger charge is -2.25. The van der Waals surface area contributed by atoms with Crippen LogP contribution in [0.15, 0.2) is 72.8 Å². The molecule has 2 aliphatic rings. The topological polar surface area (TPSA) is 174 Å². The fourth-order valence-corrected chi connectivity index (χ4v) is 4.91. The van der Waals surface area contributed by atoms with Gasteiger partial charge in [-0.1, -0.05) is 24.3 Å². The number of carbonyl (C=O) groups excluding carboxylic acids is 2. The standard InChI is InChI=1S/2C15H12O5/c2*16-9-3-1-8(2-4-9)11-7-14(19)20-13-6-10(17)5-12(18)15(11)13/h2*1-6,11,16-18H,7H2/t2*11-/m10/s1. The van der Waals surface area contributed by atoms with Crippen LogP contribution in [0.2, 0.25) is 0 Å². The van der Waals surface area contributed by atoms with Crippen LogP contribution in [0.4, 0.5) is 0 Å². The first-order valence-corrected chi connectivity index (χ1v) is 12.2. The highest BCUT2D eigenvalue weighted by atomic mass is 16.5. The third kappa shape index (κ3) is 5.28. The number of phenolic OH excluding ortho intramolecular Hbond substituents is 6. The second kappa shape index (κ2) is 10.4. The summed E-state index contributed by atoms with van der Waals surface area (Å²) >= 11 is 0. The molecule has 0 aliphatic carbocycles. The highest BCUT2D eigenvalue weighted by Crippen LogP contribution is 2.47. The number of rotatable bonds is 2. The molecule has 0 saturated heterocycles. The van der Waals surface area contributed by atoms with Crippen molar-refractivity contribution in [1.29, 1.82) is 0 Å². The maximum atomic E-state index is 11.7. The van der Waals surface area contributed by atoms with Crippen LogP contribution in [-0.2, 0) is 9.59 Å². The molecule has 4 aromatic rings. The normalized spacial score (nSPS) is 17.4. The predicted molar refractivity (Wildman–Crippen MR) is 140 cm³/mol. The summed E-state index contributed by atoms with van der Waals surface area (Å²) in [5.41, 5.74) is 2.49. The second-order valence-corrected chi connectivity index (χ2v) is 9.40. The van der Waals surface area contributed by atoms with Crippen molar-refractivity contribution < 1.29 is 49.7 Å². The van der Waals surface area contributed by atoms with Gasteiger partial charge in [0.05, 0.1) is 12.8 Å². The van der Waals surface area contributed by atoms with E-state index in [-0.39, 0.29) is 70.7 Å². The Morgan fingerprint density at radius 3 is 1.20 bits per heavy atom. The molecule has 40 heavy (non-hydrogen) atoms. The van der Waals surface area contributed by atoms with Crippen molar-refractivity contribution in [2.24, 2.45) is 0 Å². The lowest BCUT2D eigenvalue weighted by Crippen LogP contribution is -2.21. The number of benzene rings is 4. The molecular weight excluding hydrogens is 520 g/mol. The maximum Gasteiger partial charge on any atom is 0.312 e. The van der Waals surface area contributed by atoms with Gasteiger partial charge in [-0.05, 0) is 35.4 Å². The third-order valence-corrected chi connectivity index (χ3v) is 6.69. The van der Waals surface area contributed by atoms with Crippen molar-refractivity contribution in [2.45, 2.75) is 24.7 Å². The Morgan fingerprint density at radius 2 is 0.850 bits per heavy atom. The molecule has 4 aromatic carbocycles. The van der Waals surface area contributed by atoms with Crippen molar-refractivity contribution in [1.82, 2.24) is 0 Å². The fraction of sp³-hybridized carbons (Fsp3) is 0.133. The van der Waals surface area contributed by atoms with Gasteiger partial charge in [0, 0.05) is 47.2 Å². The first-order chi connectivity index (χ1) is 19.1. The van der Waals surface area contributed by atoms with Crippen molar-refractivity contribution in [3.05, 3.63) is 95.1 Å². The van der Waals surface area contributed by atoms with E-state index < -0.39 is 11.9 Å². The molecule has 0 saturated carbocycles. The summed E-state index contributed by atoms with van der Waals surface area (Å²) in [7, 11) is 0. The smallest absolute Gasteiger partial charge is 0.312 e. The molecule has 2 heterocycles. The largest absolute Gasteiger partial charge is 0.508 e.